The molecule has 0 aliphatic rings. The minimum Gasteiger partial charge on any atom is -0.462 e. The Bertz CT molecular complexity index is 1610. The van der Waals surface area contributed by atoms with Crippen molar-refractivity contribution in [2.75, 3.05) is 13.2 Å². The van der Waals surface area contributed by atoms with Crippen molar-refractivity contribution in [3.05, 3.63) is 158 Å². The van der Waals surface area contributed by atoms with Crippen molar-refractivity contribution in [1.29, 1.82) is 0 Å². The van der Waals surface area contributed by atoms with Gasteiger partial charge >= 0.3 is 17.9 Å². The molecule has 0 rings (SSSR count). The van der Waals surface area contributed by atoms with E-state index in [9.17, 15) is 14.4 Å². The zero-order chi connectivity index (χ0) is 50.0. The Morgan fingerprint density at radius 3 is 1.13 bits per heavy atom. The van der Waals surface area contributed by atoms with Crippen molar-refractivity contribution in [1.82, 2.24) is 0 Å². The largest absolute Gasteiger partial charge is 0.462 e. The molecule has 0 saturated heterocycles. The maximum Gasteiger partial charge on any atom is 0.306 e. The molecule has 0 bridgehead atoms. The van der Waals surface area contributed by atoms with Crippen molar-refractivity contribution in [2.24, 2.45) is 0 Å². The second kappa shape index (κ2) is 55.6. The number of carbonyl (C=O) groups is 3. The number of esters is 3. The summed E-state index contributed by atoms with van der Waals surface area (Å²) >= 11 is 0. The highest BCUT2D eigenvalue weighted by Crippen LogP contribution is 2.12. The second-order valence-electron chi connectivity index (χ2n) is 17.2. The zero-order valence-electron chi connectivity index (χ0n) is 43.8. The van der Waals surface area contributed by atoms with Crippen molar-refractivity contribution in [2.45, 2.75) is 207 Å². The van der Waals surface area contributed by atoms with Gasteiger partial charge in [0.05, 0.1) is 0 Å². The lowest BCUT2D eigenvalue weighted by molar-refractivity contribution is -0.166. The molecule has 0 aromatic heterocycles. The van der Waals surface area contributed by atoms with E-state index in [2.05, 4.69) is 93.7 Å². The third-order valence-electron chi connectivity index (χ3n) is 10.7. The highest BCUT2D eigenvalue weighted by Gasteiger charge is 2.19. The van der Waals surface area contributed by atoms with Crippen molar-refractivity contribution < 1.29 is 28.6 Å². The van der Waals surface area contributed by atoms with E-state index < -0.39 is 12.1 Å². The molecule has 0 aliphatic carbocycles. The van der Waals surface area contributed by atoms with Crippen LogP contribution in [0.3, 0.4) is 0 Å². The van der Waals surface area contributed by atoms with Gasteiger partial charge in [0, 0.05) is 19.3 Å². The quantitative estimate of drug-likeness (QED) is 0.0199. The SMILES string of the molecule is CC\C=C/C=C\C=C/C=C\C=C\C=C/C=C\CCCCCC(=O)OCC(COC(=O)CCCCCCC/C=C\CCCCCCCCC)OC(=O)CC/C=C\C/C=C\C/C=C\C/C=C\C/C=C\CC. The molecule has 0 radical (unpaired) electrons. The van der Waals surface area contributed by atoms with E-state index in [0.29, 0.717) is 19.3 Å². The predicted octanol–water partition coefficient (Wildman–Crippen LogP) is 18.2. The smallest absolute Gasteiger partial charge is 0.306 e. The highest BCUT2D eigenvalue weighted by molar-refractivity contribution is 5.71. The van der Waals surface area contributed by atoms with Crippen LogP contribution in [0.1, 0.15) is 201 Å². The molecule has 0 fully saturated rings. The molecule has 0 amide bonds. The van der Waals surface area contributed by atoms with Crippen LogP contribution in [0.5, 0.6) is 0 Å². The second-order valence-corrected chi connectivity index (χ2v) is 17.2. The third kappa shape index (κ3) is 53.8. The summed E-state index contributed by atoms with van der Waals surface area (Å²) < 4.78 is 16.7. The van der Waals surface area contributed by atoms with Crippen LogP contribution < -0.4 is 0 Å². The maximum atomic E-state index is 12.8. The topological polar surface area (TPSA) is 78.9 Å². The average molecular weight is 949 g/mol. The van der Waals surface area contributed by atoms with Crippen LogP contribution in [0, 0.1) is 0 Å². The molecule has 0 aliphatic heterocycles. The molecule has 384 valence electrons. The molecule has 0 heterocycles. The normalized spacial score (nSPS) is 13.4. The Labute approximate surface area is 422 Å². The minimum atomic E-state index is -0.848. The van der Waals surface area contributed by atoms with Crippen molar-refractivity contribution >= 4 is 17.9 Å². The van der Waals surface area contributed by atoms with Crippen LogP contribution >= 0.6 is 0 Å². The standard InChI is InChI=1S/C63H96O6/c1-4-7-10-13-16-19-22-25-28-31-32-33-36-38-41-44-47-50-53-56-62(65)68-59-60(69-63(66)57-54-51-48-45-42-39-35-30-27-24-21-18-15-12-9-6-3)58-67-61(64)55-52-49-46-43-40-37-34-29-26-23-20-17-14-11-8-5-2/h7,9-10,12-13,16,18-19,21-22,25,27-34,36,38-39,41-42,48,51,60H,4-6,8,11,14-15,17,20,23-24,26,35,37,40,43-47,49-50,52-59H2,1-3H3/b10-7-,12-9-,16-13-,21-18-,22-19-,28-25-,30-27-,32-31+,34-29-,36-33-,41-38-,42-39-,51-48-. The molecule has 0 aromatic rings. The monoisotopic (exact) mass is 949 g/mol. The summed E-state index contributed by atoms with van der Waals surface area (Å²) in [6.45, 7) is 6.24. The summed E-state index contributed by atoms with van der Waals surface area (Å²) in [6.07, 6.45) is 80.9. The van der Waals surface area contributed by atoms with E-state index in [0.717, 1.165) is 89.9 Å². The Hall–Kier alpha value is -4.97. The summed E-state index contributed by atoms with van der Waals surface area (Å²) in [6, 6.07) is 0. The van der Waals surface area contributed by atoms with Gasteiger partial charge in [-0.2, -0.15) is 0 Å². The molecule has 0 aromatic carbocycles. The first-order valence-electron chi connectivity index (χ1n) is 27.1. The number of unbranched alkanes of at least 4 members (excludes halogenated alkanes) is 15. The van der Waals surface area contributed by atoms with Crippen LogP contribution in [0.4, 0.5) is 0 Å². The molecular weight excluding hydrogens is 853 g/mol. The van der Waals surface area contributed by atoms with Crippen LogP contribution in [0.25, 0.3) is 0 Å². The number of hydrogen-bond acceptors (Lipinski definition) is 6. The Balaban J connectivity index is 4.64. The summed E-state index contributed by atoms with van der Waals surface area (Å²) in [5.41, 5.74) is 0. The summed E-state index contributed by atoms with van der Waals surface area (Å²) in [7, 11) is 0. The van der Waals surface area contributed by atoms with Gasteiger partial charge in [-0.25, -0.2) is 0 Å². The van der Waals surface area contributed by atoms with Gasteiger partial charge in [0.15, 0.2) is 6.10 Å². The molecule has 69 heavy (non-hydrogen) atoms. The summed E-state index contributed by atoms with van der Waals surface area (Å²) in [5.74, 6) is -1.08. The van der Waals surface area contributed by atoms with Gasteiger partial charge in [0.25, 0.3) is 0 Å². The Morgan fingerprint density at radius 1 is 0.319 bits per heavy atom. The molecule has 0 spiro atoms. The first-order chi connectivity index (χ1) is 34.0. The molecule has 1 atom stereocenters. The van der Waals surface area contributed by atoms with E-state index in [1.165, 1.54) is 57.8 Å². The van der Waals surface area contributed by atoms with Crippen molar-refractivity contribution in [3.63, 3.8) is 0 Å². The minimum absolute atomic E-state index is 0.134. The lowest BCUT2D eigenvalue weighted by atomic mass is 10.1. The Kier molecular flexibility index (Phi) is 51.6. The fourth-order valence-corrected chi connectivity index (χ4v) is 6.70. The van der Waals surface area contributed by atoms with Gasteiger partial charge in [-0.15, -0.1) is 0 Å². The van der Waals surface area contributed by atoms with Crippen LogP contribution in [0.15, 0.2) is 158 Å². The molecule has 0 N–H and O–H groups in total. The van der Waals surface area contributed by atoms with Crippen molar-refractivity contribution in [3.8, 4) is 0 Å². The van der Waals surface area contributed by atoms with Gasteiger partial charge in [-0.1, -0.05) is 243 Å². The van der Waals surface area contributed by atoms with Gasteiger partial charge in [0.1, 0.15) is 13.2 Å². The molecule has 1 unspecified atom stereocenters. The van der Waals surface area contributed by atoms with E-state index in [1.807, 2.05) is 85.1 Å². The van der Waals surface area contributed by atoms with E-state index in [1.54, 1.807) is 0 Å². The van der Waals surface area contributed by atoms with Crippen LogP contribution in [-0.2, 0) is 28.6 Å². The molecule has 0 saturated carbocycles. The molecule has 6 nitrogen and oxygen atoms in total. The van der Waals surface area contributed by atoms with E-state index in [4.69, 9.17) is 14.2 Å². The molecule has 6 heteroatoms. The maximum absolute atomic E-state index is 12.8. The Morgan fingerprint density at radius 2 is 0.667 bits per heavy atom. The summed E-state index contributed by atoms with van der Waals surface area (Å²) in [5, 5.41) is 0. The number of rotatable bonds is 46. The number of allylic oxidation sites excluding steroid dienone is 26. The average Bonchev–Trinajstić information content (AvgIpc) is 3.35. The fourth-order valence-electron chi connectivity index (χ4n) is 6.70. The number of hydrogen-bond donors (Lipinski definition) is 0. The first-order valence-corrected chi connectivity index (χ1v) is 27.1. The lowest BCUT2D eigenvalue weighted by Crippen LogP contribution is -2.30. The van der Waals surface area contributed by atoms with Gasteiger partial charge in [-0.05, 0) is 96.3 Å². The van der Waals surface area contributed by atoms with E-state index >= 15 is 0 Å². The zero-order valence-corrected chi connectivity index (χ0v) is 43.8. The lowest BCUT2D eigenvalue weighted by Gasteiger charge is -2.18. The van der Waals surface area contributed by atoms with Gasteiger partial charge < -0.3 is 14.2 Å². The highest BCUT2D eigenvalue weighted by atomic mass is 16.6. The van der Waals surface area contributed by atoms with Crippen LogP contribution in [-0.4, -0.2) is 37.2 Å². The van der Waals surface area contributed by atoms with Gasteiger partial charge in [-0.3, -0.25) is 14.4 Å². The number of carbonyl (C=O) groups excluding carboxylic acids is 3. The summed E-state index contributed by atoms with van der Waals surface area (Å²) in [4.78, 5) is 38.1. The van der Waals surface area contributed by atoms with Crippen LogP contribution in [0.2, 0.25) is 0 Å². The number of ether oxygens (including phenoxy) is 3. The fraction of sp³-hybridized carbons (Fsp3) is 0.540. The third-order valence-corrected chi connectivity index (χ3v) is 10.7. The first kappa shape index (κ1) is 64.0. The van der Waals surface area contributed by atoms with E-state index in [-0.39, 0.29) is 38.0 Å². The molecular formula is C63H96O6. The van der Waals surface area contributed by atoms with Gasteiger partial charge in [0.2, 0.25) is 0 Å². The predicted molar refractivity (Wildman–Crippen MR) is 297 cm³/mol.